The molecule has 4 aromatic rings. The topological polar surface area (TPSA) is 79.4 Å². The Labute approximate surface area is 189 Å². The van der Waals surface area contributed by atoms with Crippen molar-refractivity contribution in [1.29, 1.82) is 0 Å². The Kier molecular flexibility index (Phi) is 5.79. The number of benzene rings is 3. The summed E-state index contributed by atoms with van der Waals surface area (Å²) in [6.07, 6.45) is 0.890. The van der Waals surface area contributed by atoms with Gasteiger partial charge in [0.15, 0.2) is 11.9 Å². The molecule has 0 bridgehead atoms. The molecule has 0 aliphatic carbocycles. The Morgan fingerprint density at radius 3 is 2.75 bits per heavy atom. The first-order valence-electron chi connectivity index (χ1n) is 10.3. The molecule has 0 fully saturated rings. The highest BCUT2D eigenvalue weighted by Gasteiger charge is 2.22. The van der Waals surface area contributed by atoms with Crippen molar-refractivity contribution in [3.63, 3.8) is 0 Å². The summed E-state index contributed by atoms with van der Waals surface area (Å²) in [4.78, 5) is 15.9. The number of thioether (sulfide) groups is 1. The van der Waals surface area contributed by atoms with Gasteiger partial charge in [-0.2, -0.15) is 0 Å². The first kappa shape index (κ1) is 20.5. The molecule has 0 amide bonds. The van der Waals surface area contributed by atoms with Gasteiger partial charge in [0.1, 0.15) is 5.75 Å². The summed E-state index contributed by atoms with van der Waals surface area (Å²) in [7, 11) is 0. The van der Waals surface area contributed by atoms with E-state index in [0.717, 1.165) is 34.7 Å². The van der Waals surface area contributed by atoms with E-state index >= 15 is 0 Å². The van der Waals surface area contributed by atoms with Gasteiger partial charge in [0, 0.05) is 35.6 Å². The zero-order valence-corrected chi connectivity index (χ0v) is 18.1. The maximum absolute atomic E-state index is 11.4. The number of nitrogens with zero attached hydrogens (tertiary/aromatic N) is 3. The molecule has 3 aromatic carbocycles. The quantitative estimate of drug-likeness (QED) is 0.216. The molecule has 0 spiro atoms. The fourth-order valence-electron chi connectivity index (χ4n) is 3.90. The minimum absolute atomic E-state index is 0.0473. The van der Waals surface area contributed by atoms with Crippen LogP contribution in [0.2, 0.25) is 0 Å². The third-order valence-electron chi connectivity index (χ3n) is 5.43. The van der Waals surface area contributed by atoms with Crippen LogP contribution in [0.3, 0.4) is 0 Å². The molecule has 32 heavy (non-hydrogen) atoms. The number of hydrogen-bond acceptors (Lipinski definition) is 6. The third-order valence-corrected chi connectivity index (χ3v) is 6.45. The zero-order chi connectivity index (χ0) is 21.9. The molecule has 5 rings (SSSR count). The molecule has 162 valence electrons. The summed E-state index contributed by atoms with van der Waals surface area (Å²) >= 11 is 1.56. The predicted octanol–water partition coefficient (Wildman–Crippen LogP) is 5.35. The molecule has 0 radical (unpaired) electrons. The molecular weight excluding hydrogens is 426 g/mol. The second-order valence-electron chi connectivity index (χ2n) is 7.52. The van der Waals surface area contributed by atoms with Crippen LogP contribution in [-0.2, 0) is 30.1 Å². The van der Waals surface area contributed by atoms with Crippen LogP contribution in [0.1, 0.15) is 16.7 Å². The number of imidazole rings is 1. The Bertz CT molecular complexity index is 1270. The maximum atomic E-state index is 11.4. The molecule has 1 aromatic heterocycles. The number of para-hydroxylation sites is 2. The fraction of sp³-hybridized carbons (Fsp3) is 0.208. The largest absolute Gasteiger partial charge is 0.467 e. The Morgan fingerprint density at radius 2 is 1.91 bits per heavy atom. The highest BCUT2D eigenvalue weighted by atomic mass is 32.2. The van der Waals surface area contributed by atoms with Gasteiger partial charge in [0.25, 0.3) is 5.69 Å². The second-order valence-corrected chi connectivity index (χ2v) is 8.46. The highest BCUT2D eigenvalue weighted by molar-refractivity contribution is 7.98. The molecule has 7 nitrogen and oxygen atoms in total. The summed E-state index contributed by atoms with van der Waals surface area (Å²) in [5.41, 5.74) is 4.82. The molecule has 1 aliphatic heterocycles. The van der Waals surface area contributed by atoms with Crippen molar-refractivity contribution in [3.8, 4) is 5.75 Å². The van der Waals surface area contributed by atoms with Crippen LogP contribution in [0.4, 0.5) is 5.69 Å². The number of aromatic nitrogens is 2. The van der Waals surface area contributed by atoms with Gasteiger partial charge < -0.3 is 14.0 Å². The van der Waals surface area contributed by atoms with Crippen LogP contribution >= 0.6 is 11.8 Å². The minimum Gasteiger partial charge on any atom is -0.467 e. The van der Waals surface area contributed by atoms with E-state index in [-0.39, 0.29) is 17.4 Å². The van der Waals surface area contributed by atoms with Crippen LogP contribution < -0.4 is 4.74 Å². The van der Waals surface area contributed by atoms with Crippen LogP contribution in [0.5, 0.6) is 5.75 Å². The second kappa shape index (κ2) is 9.02. The van der Waals surface area contributed by atoms with Gasteiger partial charge in [-0.05, 0) is 24.1 Å². The minimum atomic E-state index is -0.377. The van der Waals surface area contributed by atoms with E-state index < -0.39 is 0 Å². The summed E-state index contributed by atoms with van der Waals surface area (Å²) in [5, 5.41) is 12.3. The van der Waals surface area contributed by atoms with Crippen LogP contribution in [0, 0.1) is 10.1 Å². The average Bonchev–Trinajstić information content (AvgIpc) is 3.19. The number of aryl methyl sites for hydroxylation is 2. The van der Waals surface area contributed by atoms with Gasteiger partial charge in [0.2, 0.25) is 0 Å². The van der Waals surface area contributed by atoms with E-state index in [4.69, 9.17) is 14.5 Å². The number of nitro benzene ring substituents is 1. The van der Waals surface area contributed by atoms with Crippen molar-refractivity contribution in [1.82, 2.24) is 9.55 Å². The van der Waals surface area contributed by atoms with Gasteiger partial charge in [-0.3, -0.25) is 10.1 Å². The molecule has 0 saturated carbocycles. The molecule has 0 unspecified atom stereocenters. The summed E-state index contributed by atoms with van der Waals surface area (Å²) < 4.78 is 13.2. The molecule has 8 heteroatoms. The normalized spacial score (nSPS) is 13.0. The fourth-order valence-corrected chi connectivity index (χ4v) is 4.91. The Balaban J connectivity index is 1.44. The standard InChI is InChI=1S/C24H21N3O4S/c28-27(29)20-12-18-14-30-16-31-23(18)19(13-20)15-32-24-25-21-8-4-5-9-22(21)26(24)11-10-17-6-2-1-3-7-17/h1-9,12-13H,10-11,14-16H2. The number of nitro groups is 1. The van der Waals surface area contributed by atoms with E-state index in [0.29, 0.717) is 23.7 Å². The summed E-state index contributed by atoms with van der Waals surface area (Å²) in [6.45, 7) is 1.26. The Hall–Kier alpha value is -3.36. The lowest BCUT2D eigenvalue weighted by molar-refractivity contribution is -0.385. The predicted molar refractivity (Wildman–Crippen MR) is 123 cm³/mol. The van der Waals surface area contributed by atoms with E-state index in [1.807, 2.05) is 36.4 Å². The van der Waals surface area contributed by atoms with E-state index in [9.17, 15) is 10.1 Å². The van der Waals surface area contributed by atoms with Crippen molar-refractivity contribution in [2.75, 3.05) is 6.79 Å². The van der Waals surface area contributed by atoms with Crippen molar-refractivity contribution >= 4 is 28.5 Å². The smallest absolute Gasteiger partial charge is 0.270 e. The Morgan fingerprint density at radius 1 is 1.09 bits per heavy atom. The van der Waals surface area contributed by atoms with E-state index in [2.05, 4.69) is 22.8 Å². The molecule has 1 aliphatic rings. The molecule has 0 atom stereocenters. The van der Waals surface area contributed by atoms with Gasteiger partial charge in [-0.15, -0.1) is 0 Å². The molecular formula is C24H21N3O4S. The van der Waals surface area contributed by atoms with Crippen molar-refractivity contribution < 1.29 is 14.4 Å². The average molecular weight is 448 g/mol. The number of fused-ring (bicyclic) bond motifs is 2. The highest BCUT2D eigenvalue weighted by Crippen LogP contribution is 2.36. The lowest BCUT2D eigenvalue weighted by Gasteiger charge is -2.20. The first-order valence-corrected chi connectivity index (χ1v) is 11.3. The maximum Gasteiger partial charge on any atom is 0.270 e. The van der Waals surface area contributed by atoms with Crippen molar-refractivity contribution in [3.05, 3.63) is 93.5 Å². The molecule has 2 heterocycles. The number of non-ortho nitro benzene ring substituents is 1. The number of hydrogen-bond donors (Lipinski definition) is 0. The van der Waals surface area contributed by atoms with Crippen LogP contribution in [0.15, 0.2) is 71.9 Å². The summed E-state index contributed by atoms with van der Waals surface area (Å²) in [6, 6.07) is 21.6. The van der Waals surface area contributed by atoms with Gasteiger partial charge in [0.05, 0.1) is 22.6 Å². The SMILES string of the molecule is O=[N+]([O-])c1cc2c(c(CSc3nc4ccccc4n3CCc3ccccc3)c1)OCOC2. The van der Waals surface area contributed by atoms with Crippen LogP contribution in [0.25, 0.3) is 11.0 Å². The molecule has 0 saturated heterocycles. The third kappa shape index (κ3) is 4.19. The van der Waals surface area contributed by atoms with Gasteiger partial charge >= 0.3 is 0 Å². The van der Waals surface area contributed by atoms with Crippen LogP contribution in [-0.4, -0.2) is 21.3 Å². The number of rotatable bonds is 7. The van der Waals surface area contributed by atoms with E-state index in [1.54, 1.807) is 17.8 Å². The lowest BCUT2D eigenvalue weighted by atomic mass is 10.1. The van der Waals surface area contributed by atoms with E-state index in [1.165, 1.54) is 11.6 Å². The van der Waals surface area contributed by atoms with Gasteiger partial charge in [-0.25, -0.2) is 4.98 Å². The van der Waals surface area contributed by atoms with Crippen molar-refractivity contribution in [2.45, 2.75) is 30.5 Å². The van der Waals surface area contributed by atoms with Crippen molar-refractivity contribution in [2.24, 2.45) is 0 Å². The monoisotopic (exact) mass is 447 g/mol. The molecule has 0 N–H and O–H groups in total. The lowest BCUT2D eigenvalue weighted by Crippen LogP contribution is -2.13. The van der Waals surface area contributed by atoms with Gasteiger partial charge in [-0.1, -0.05) is 54.2 Å². The number of ether oxygens (including phenoxy) is 2. The first-order chi connectivity index (χ1) is 15.7. The zero-order valence-electron chi connectivity index (χ0n) is 17.3. The summed E-state index contributed by atoms with van der Waals surface area (Å²) in [5.74, 6) is 1.19.